The van der Waals surface area contributed by atoms with Crippen molar-refractivity contribution in [3.05, 3.63) is 12.7 Å². The second-order valence-corrected chi connectivity index (χ2v) is 3.84. The van der Waals surface area contributed by atoms with Crippen LogP contribution in [0.5, 0.6) is 0 Å². The Balaban J connectivity index is 0. The first-order valence-corrected chi connectivity index (χ1v) is 5.19. The maximum atomic E-state index is 3.65. The average Bonchev–Trinajstić information content (AvgIpc) is 2.06. The predicted molar refractivity (Wildman–Crippen MR) is 59.4 cm³/mol. The van der Waals surface area contributed by atoms with Gasteiger partial charge in [-0.3, -0.25) is 0 Å². The van der Waals surface area contributed by atoms with Crippen molar-refractivity contribution < 1.29 is 0 Å². The fraction of sp³-hybridized carbons (Fsp3) is 0.833. The lowest BCUT2D eigenvalue weighted by Crippen LogP contribution is -1.86. The summed E-state index contributed by atoms with van der Waals surface area (Å²) in [6, 6.07) is 0. The van der Waals surface area contributed by atoms with Gasteiger partial charge < -0.3 is 0 Å². The van der Waals surface area contributed by atoms with E-state index in [1.165, 1.54) is 12.8 Å². The molecule has 0 aromatic carbocycles. The Labute approximate surface area is 79.1 Å². The largest absolute Gasteiger partial charge is 0.103 e. The van der Waals surface area contributed by atoms with Gasteiger partial charge in [0.05, 0.1) is 0 Å². The Morgan fingerprint density at radius 3 is 1.58 bits per heavy atom. The van der Waals surface area contributed by atoms with Crippen molar-refractivity contribution in [3.63, 3.8) is 0 Å². The maximum absolute atomic E-state index is 3.65. The molecular formula is C12H26. The Bertz CT molecular complexity index is 82.0. The van der Waals surface area contributed by atoms with Gasteiger partial charge in [0.1, 0.15) is 0 Å². The predicted octanol–water partition coefficient (Wildman–Crippen LogP) is 4.66. The van der Waals surface area contributed by atoms with Crippen molar-refractivity contribution in [1.29, 1.82) is 0 Å². The minimum Gasteiger partial charge on any atom is -0.103 e. The van der Waals surface area contributed by atoms with Crippen LogP contribution in [0, 0.1) is 11.8 Å². The lowest BCUT2D eigenvalue weighted by Gasteiger charge is -2.00. The van der Waals surface area contributed by atoms with Crippen LogP contribution < -0.4 is 0 Å². The van der Waals surface area contributed by atoms with Crippen molar-refractivity contribution in [2.24, 2.45) is 11.8 Å². The van der Waals surface area contributed by atoms with Crippen LogP contribution in [0.1, 0.15) is 53.9 Å². The second kappa shape index (κ2) is 10.7. The summed E-state index contributed by atoms with van der Waals surface area (Å²) in [4.78, 5) is 0. The highest BCUT2D eigenvalue weighted by atomic mass is 14.0. The van der Waals surface area contributed by atoms with Crippen molar-refractivity contribution in [1.82, 2.24) is 0 Å². The van der Waals surface area contributed by atoms with Gasteiger partial charge >= 0.3 is 0 Å². The van der Waals surface area contributed by atoms with Crippen LogP contribution in [0.25, 0.3) is 0 Å². The van der Waals surface area contributed by atoms with Gasteiger partial charge in [-0.15, -0.1) is 6.58 Å². The van der Waals surface area contributed by atoms with Gasteiger partial charge in [-0.1, -0.05) is 53.5 Å². The van der Waals surface area contributed by atoms with Crippen molar-refractivity contribution >= 4 is 0 Å². The third kappa shape index (κ3) is 16.4. The molecule has 74 valence electrons. The van der Waals surface area contributed by atoms with Gasteiger partial charge in [0, 0.05) is 0 Å². The van der Waals surface area contributed by atoms with E-state index < -0.39 is 0 Å². The summed E-state index contributed by atoms with van der Waals surface area (Å²) in [5.41, 5.74) is 0. The molecule has 0 heterocycles. The molecule has 0 aliphatic rings. The highest BCUT2D eigenvalue weighted by Crippen LogP contribution is 2.04. The standard InChI is InChI=1S/C7H14.C5H12/c1-4-6-7(3)5-2;1-4-5(2)3/h4,7H,1,5-6H2,2-3H3;5H,4H2,1-3H3. The van der Waals surface area contributed by atoms with Gasteiger partial charge in [0.2, 0.25) is 0 Å². The number of rotatable bonds is 4. The Morgan fingerprint density at radius 1 is 1.08 bits per heavy atom. The molecule has 1 unspecified atom stereocenters. The molecule has 0 heteroatoms. The summed E-state index contributed by atoms with van der Waals surface area (Å²) in [5.74, 6) is 1.72. The minimum atomic E-state index is 0.831. The molecule has 0 aliphatic carbocycles. The first-order chi connectivity index (χ1) is 5.58. The summed E-state index contributed by atoms with van der Waals surface area (Å²) in [6.07, 6.45) is 5.72. The summed E-state index contributed by atoms with van der Waals surface area (Å²) >= 11 is 0. The topological polar surface area (TPSA) is 0 Å². The fourth-order valence-electron chi connectivity index (χ4n) is 0.451. The molecule has 0 saturated carbocycles. The molecule has 0 aromatic heterocycles. The van der Waals surface area contributed by atoms with E-state index >= 15 is 0 Å². The summed E-state index contributed by atoms with van der Waals surface area (Å²) in [7, 11) is 0. The zero-order valence-electron chi connectivity index (χ0n) is 9.56. The molecule has 0 amide bonds. The molecule has 0 saturated heterocycles. The van der Waals surface area contributed by atoms with Crippen LogP contribution in [0.15, 0.2) is 12.7 Å². The average molecular weight is 170 g/mol. The van der Waals surface area contributed by atoms with Crippen molar-refractivity contribution in [3.8, 4) is 0 Å². The molecule has 0 rings (SSSR count). The van der Waals surface area contributed by atoms with E-state index in [4.69, 9.17) is 0 Å². The molecule has 0 spiro atoms. The van der Waals surface area contributed by atoms with E-state index in [2.05, 4.69) is 41.2 Å². The highest BCUT2D eigenvalue weighted by Gasteiger charge is 1.90. The second-order valence-electron chi connectivity index (χ2n) is 3.84. The molecule has 0 nitrogen and oxygen atoms in total. The van der Waals surface area contributed by atoms with Crippen molar-refractivity contribution in [2.75, 3.05) is 0 Å². The zero-order valence-corrected chi connectivity index (χ0v) is 9.56. The van der Waals surface area contributed by atoms with Crippen LogP contribution in [0.3, 0.4) is 0 Å². The first kappa shape index (κ1) is 14.3. The Hall–Kier alpha value is -0.260. The third-order valence-electron chi connectivity index (χ3n) is 2.08. The SMILES string of the molecule is C=CCC(C)CC.CCC(C)C. The van der Waals surface area contributed by atoms with Crippen LogP contribution in [-0.4, -0.2) is 0 Å². The monoisotopic (exact) mass is 170 g/mol. The minimum absolute atomic E-state index is 0.831. The lowest BCUT2D eigenvalue weighted by molar-refractivity contribution is 0.572. The molecule has 0 aliphatic heterocycles. The van der Waals surface area contributed by atoms with E-state index in [0.717, 1.165) is 18.3 Å². The highest BCUT2D eigenvalue weighted by molar-refractivity contribution is 4.68. The number of hydrogen-bond acceptors (Lipinski definition) is 0. The number of allylic oxidation sites excluding steroid dienone is 1. The van der Waals surface area contributed by atoms with E-state index in [1.54, 1.807) is 0 Å². The van der Waals surface area contributed by atoms with Crippen LogP contribution in [0.2, 0.25) is 0 Å². The van der Waals surface area contributed by atoms with Gasteiger partial charge in [0.15, 0.2) is 0 Å². The van der Waals surface area contributed by atoms with E-state index in [1.807, 2.05) is 6.08 Å². The van der Waals surface area contributed by atoms with Gasteiger partial charge in [-0.25, -0.2) is 0 Å². The van der Waals surface area contributed by atoms with E-state index in [0.29, 0.717) is 0 Å². The molecule has 0 radical (unpaired) electrons. The third-order valence-corrected chi connectivity index (χ3v) is 2.08. The quantitative estimate of drug-likeness (QED) is 0.538. The lowest BCUT2D eigenvalue weighted by atomic mass is 10.1. The van der Waals surface area contributed by atoms with Gasteiger partial charge in [-0.05, 0) is 18.3 Å². The first-order valence-electron chi connectivity index (χ1n) is 5.19. The molecule has 1 atom stereocenters. The van der Waals surface area contributed by atoms with Crippen LogP contribution >= 0.6 is 0 Å². The summed E-state index contributed by atoms with van der Waals surface area (Å²) in [6.45, 7) is 14.7. The fourth-order valence-corrected chi connectivity index (χ4v) is 0.451. The Morgan fingerprint density at radius 2 is 1.50 bits per heavy atom. The van der Waals surface area contributed by atoms with Crippen molar-refractivity contribution in [2.45, 2.75) is 53.9 Å². The molecule has 0 bridgehead atoms. The molecule has 0 aromatic rings. The van der Waals surface area contributed by atoms with Crippen LogP contribution in [0.4, 0.5) is 0 Å². The molecule has 12 heavy (non-hydrogen) atoms. The smallest absolute Gasteiger partial charge is 0.0328 e. The van der Waals surface area contributed by atoms with Gasteiger partial charge in [-0.2, -0.15) is 0 Å². The number of hydrogen-bond donors (Lipinski definition) is 0. The normalized spacial score (nSPS) is 11.8. The van der Waals surface area contributed by atoms with Crippen LogP contribution in [-0.2, 0) is 0 Å². The summed E-state index contributed by atoms with van der Waals surface area (Å²) in [5, 5.41) is 0. The summed E-state index contributed by atoms with van der Waals surface area (Å²) < 4.78 is 0. The zero-order chi connectivity index (χ0) is 9.98. The Kier molecular flexibility index (Phi) is 12.8. The van der Waals surface area contributed by atoms with E-state index in [9.17, 15) is 0 Å². The molecule has 0 fully saturated rings. The van der Waals surface area contributed by atoms with Gasteiger partial charge in [0.25, 0.3) is 0 Å². The molecular weight excluding hydrogens is 144 g/mol. The molecule has 0 N–H and O–H groups in total. The van der Waals surface area contributed by atoms with E-state index in [-0.39, 0.29) is 0 Å². The maximum Gasteiger partial charge on any atom is -0.0328 e.